The third-order valence-electron chi connectivity index (χ3n) is 1.68. The minimum absolute atomic E-state index is 0.833. The number of nitrogens with zero attached hydrogens (tertiary/aromatic N) is 2. The van der Waals surface area contributed by atoms with E-state index in [1.54, 1.807) is 6.20 Å². The quantitative estimate of drug-likeness (QED) is 0.738. The molecule has 0 atom stereocenters. The summed E-state index contributed by atoms with van der Waals surface area (Å²) in [5.41, 5.74) is 1.08. The molecule has 0 unspecified atom stereocenters. The standard InChI is InChI=1S/C9H6Br2N2/c10-7-6-12-9(11)5-8(7)13-3-1-2-4-13/h1-6H. The van der Waals surface area contributed by atoms with E-state index in [0.29, 0.717) is 0 Å². The zero-order valence-electron chi connectivity index (χ0n) is 6.61. The lowest BCUT2D eigenvalue weighted by atomic mass is 10.4. The van der Waals surface area contributed by atoms with E-state index in [-0.39, 0.29) is 0 Å². The number of hydrogen-bond acceptors (Lipinski definition) is 1. The van der Waals surface area contributed by atoms with Crippen LogP contribution in [-0.4, -0.2) is 9.55 Å². The molecule has 0 spiro atoms. The van der Waals surface area contributed by atoms with Gasteiger partial charge in [0.1, 0.15) is 4.60 Å². The molecule has 13 heavy (non-hydrogen) atoms. The van der Waals surface area contributed by atoms with Crippen LogP contribution in [0.4, 0.5) is 0 Å². The Morgan fingerprint density at radius 1 is 1.15 bits per heavy atom. The summed E-state index contributed by atoms with van der Waals surface area (Å²) in [6, 6.07) is 5.94. The highest BCUT2D eigenvalue weighted by molar-refractivity contribution is 9.11. The average Bonchev–Trinajstić information content (AvgIpc) is 2.61. The lowest BCUT2D eigenvalue weighted by Gasteiger charge is -2.05. The molecule has 0 aromatic carbocycles. The maximum Gasteiger partial charge on any atom is 0.108 e. The van der Waals surface area contributed by atoms with E-state index >= 15 is 0 Å². The topological polar surface area (TPSA) is 17.8 Å². The smallest absolute Gasteiger partial charge is 0.108 e. The Kier molecular flexibility index (Phi) is 2.51. The molecule has 2 aromatic heterocycles. The second-order valence-corrected chi connectivity index (χ2v) is 4.22. The van der Waals surface area contributed by atoms with E-state index < -0.39 is 0 Å². The molecule has 66 valence electrons. The lowest BCUT2D eigenvalue weighted by Crippen LogP contribution is -1.92. The van der Waals surface area contributed by atoms with Crippen molar-refractivity contribution in [1.82, 2.24) is 9.55 Å². The molecule has 0 radical (unpaired) electrons. The van der Waals surface area contributed by atoms with Crippen molar-refractivity contribution >= 4 is 31.9 Å². The SMILES string of the molecule is Brc1cc(-n2cccc2)c(Br)cn1. The van der Waals surface area contributed by atoms with Gasteiger partial charge in [-0.3, -0.25) is 0 Å². The maximum atomic E-state index is 4.11. The van der Waals surface area contributed by atoms with E-state index in [4.69, 9.17) is 0 Å². The van der Waals surface area contributed by atoms with Crippen LogP contribution >= 0.6 is 31.9 Å². The molecule has 2 rings (SSSR count). The fourth-order valence-corrected chi connectivity index (χ4v) is 1.84. The first-order chi connectivity index (χ1) is 6.27. The molecule has 2 heterocycles. The van der Waals surface area contributed by atoms with Gasteiger partial charge in [-0.2, -0.15) is 0 Å². The van der Waals surface area contributed by atoms with Gasteiger partial charge in [-0.05, 0) is 50.1 Å². The van der Waals surface area contributed by atoms with Gasteiger partial charge in [-0.1, -0.05) is 0 Å². The summed E-state index contributed by atoms with van der Waals surface area (Å²) in [5, 5.41) is 0. The van der Waals surface area contributed by atoms with Gasteiger partial charge in [-0.25, -0.2) is 4.98 Å². The van der Waals surface area contributed by atoms with Crippen LogP contribution in [0, 0.1) is 0 Å². The molecule has 4 heteroatoms. The molecular weight excluding hydrogens is 296 g/mol. The highest BCUT2D eigenvalue weighted by Crippen LogP contribution is 2.22. The first-order valence-corrected chi connectivity index (χ1v) is 5.30. The van der Waals surface area contributed by atoms with Crippen LogP contribution in [0.1, 0.15) is 0 Å². The van der Waals surface area contributed by atoms with Gasteiger partial charge in [0.25, 0.3) is 0 Å². The first kappa shape index (κ1) is 8.97. The Morgan fingerprint density at radius 3 is 2.54 bits per heavy atom. The van der Waals surface area contributed by atoms with Gasteiger partial charge in [0, 0.05) is 18.6 Å². The number of hydrogen-bond donors (Lipinski definition) is 0. The van der Waals surface area contributed by atoms with Gasteiger partial charge in [0.2, 0.25) is 0 Å². The van der Waals surface area contributed by atoms with Crippen LogP contribution in [0.3, 0.4) is 0 Å². The van der Waals surface area contributed by atoms with Crippen molar-refractivity contribution in [3.63, 3.8) is 0 Å². The van der Waals surface area contributed by atoms with Gasteiger partial charge < -0.3 is 4.57 Å². The third-order valence-corrected chi connectivity index (χ3v) is 2.73. The van der Waals surface area contributed by atoms with Crippen molar-refractivity contribution in [1.29, 1.82) is 0 Å². The lowest BCUT2D eigenvalue weighted by molar-refractivity contribution is 1.05. The van der Waals surface area contributed by atoms with Crippen molar-refractivity contribution in [3.05, 3.63) is 45.9 Å². The molecule has 2 aromatic rings. The van der Waals surface area contributed by atoms with E-state index in [9.17, 15) is 0 Å². The fraction of sp³-hybridized carbons (Fsp3) is 0. The third kappa shape index (κ3) is 1.84. The Balaban J connectivity index is 2.57. The van der Waals surface area contributed by atoms with Gasteiger partial charge in [0.05, 0.1) is 10.2 Å². The fourth-order valence-electron chi connectivity index (χ4n) is 1.10. The predicted octanol–water partition coefficient (Wildman–Crippen LogP) is 3.40. The normalized spacial score (nSPS) is 10.3. The summed E-state index contributed by atoms with van der Waals surface area (Å²) >= 11 is 6.78. The molecule has 0 saturated heterocycles. The van der Waals surface area contributed by atoms with Crippen LogP contribution < -0.4 is 0 Å². The molecule has 0 saturated carbocycles. The number of halogens is 2. The summed E-state index contributed by atoms with van der Waals surface area (Å²) in [7, 11) is 0. The average molecular weight is 302 g/mol. The molecular formula is C9H6Br2N2. The predicted molar refractivity (Wildman–Crippen MR) is 59.0 cm³/mol. The number of pyridine rings is 1. The molecule has 0 N–H and O–H groups in total. The molecule has 0 aliphatic rings. The summed E-state index contributed by atoms with van der Waals surface area (Å²) in [5.74, 6) is 0. The second kappa shape index (κ2) is 3.64. The monoisotopic (exact) mass is 300 g/mol. The Morgan fingerprint density at radius 2 is 1.85 bits per heavy atom. The van der Waals surface area contributed by atoms with E-state index in [2.05, 4.69) is 36.8 Å². The molecule has 0 amide bonds. The first-order valence-electron chi connectivity index (χ1n) is 3.72. The van der Waals surface area contributed by atoms with Crippen LogP contribution in [0.5, 0.6) is 0 Å². The van der Waals surface area contributed by atoms with Crippen molar-refractivity contribution in [2.75, 3.05) is 0 Å². The second-order valence-electron chi connectivity index (χ2n) is 2.55. The van der Waals surface area contributed by atoms with Crippen molar-refractivity contribution in [2.24, 2.45) is 0 Å². The van der Waals surface area contributed by atoms with Crippen molar-refractivity contribution in [2.45, 2.75) is 0 Å². The summed E-state index contributed by atoms with van der Waals surface area (Å²) in [6.45, 7) is 0. The van der Waals surface area contributed by atoms with Gasteiger partial charge in [-0.15, -0.1) is 0 Å². The summed E-state index contributed by atoms with van der Waals surface area (Å²) in [4.78, 5) is 4.11. The molecule has 0 bridgehead atoms. The zero-order valence-corrected chi connectivity index (χ0v) is 9.79. The van der Waals surface area contributed by atoms with Gasteiger partial charge >= 0.3 is 0 Å². The summed E-state index contributed by atoms with van der Waals surface area (Å²) < 4.78 is 3.84. The Hall–Kier alpha value is -0.610. The van der Waals surface area contributed by atoms with Crippen LogP contribution in [0.25, 0.3) is 5.69 Å². The number of rotatable bonds is 1. The maximum absolute atomic E-state index is 4.11. The van der Waals surface area contributed by atoms with Crippen molar-refractivity contribution in [3.8, 4) is 5.69 Å². The zero-order chi connectivity index (χ0) is 9.26. The highest BCUT2D eigenvalue weighted by Gasteiger charge is 2.01. The van der Waals surface area contributed by atoms with Crippen molar-refractivity contribution < 1.29 is 0 Å². The van der Waals surface area contributed by atoms with E-state index in [1.165, 1.54) is 0 Å². The minimum Gasteiger partial charge on any atom is -0.323 e. The molecule has 0 aliphatic carbocycles. The molecule has 0 aliphatic heterocycles. The minimum atomic E-state index is 0.833. The van der Waals surface area contributed by atoms with Crippen LogP contribution in [-0.2, 0) is 0 Å². The van der Waals surface area contributed by atoms with Gasteiger partial charge in [0.15, 0.2) is 0 Å². The van der Waals surface area contributed by atoms with E-state index in [1.807, 2.05) is 35.2 Å². The van der Waals surface area contributed by atoms with Crippen LogP contribution in [0.2, 0.25) is 0 Å². The summed E-state index contributed by atoms with van der Waals surface area (Å²) in [6.07, 6.45) is 5.76. The molecule has 2 nitrogen and oxygen atoms in total. The Labute approximate surface area is 92.9 Å². The van der Waals surface area contributed by atoms with Crippen LogP contribution in [0.15, 0.2) is 45.9 Å². The molecule has 0 fully saturated rings. The van der Waals surface area contributed by atoms with E-state index in [0.717, 1.165) is 14.8 Å². The Bertz CT molecular complexity index is 410. The highest BCUT2D eigenvalue weighted by atomic mass is 79.9. The number of aromatic nitrogens is 2. The largest absolute Gasteiger partial charge is 0.323 e.